The van der Waals surface area contributed by atoms with E-state index in [4.69, 9.17) is 0 Å². The Balaban J connectivity index is 2.75. The van der Waals surface area contributed by atoms with Crippen molar-refractivity contribution >= 4 is 5.69 Å². The molecule has 0 amide bonds. The molecule has 0 aliphatic carbocycles. The Kier molecular flexibility index (Phi) is 3.89. The highest BCUT2D eigenvalue weighted by molar-refractivity contribution is 5.42. The van der Waals surface area contributed by atoms with Gasteiger partial charge >= 0.3 is 12.1 Å². The molecule has 0 radical (unpaired) electrons. The van der Waals surface area contributed by atoms with E-state index in [9.17, 15) is 37.2 Å². The summed E-state index contributed by atoms with van der Waals surface area (Å²) in [6.45, 7) is 0. The van der Waals surface area contributed by atoms with E-state index in [-0.39, 0.29) is 0 Å². The summed E-state index contributed by atoms with van der Waals surface area (Å²) in [5.74, 6) is -6.76. The third kappa shape index (κ3) is 2.54. The summed E-state index contributed by atoms with van der Waals surface area (Å²) in [4.78, 5) is 9.72. The second kappa shape index (κ2) is 5.30. The number of nitro benzene ring substituents is 1. The summed E-state index contributed by atoms with van der Waals surface area (Å²) >= 11 is 0. The monoisotopic (exact) mass is 337 g/mol. The van der Waals surface area contributed by atoms with E-state index in [1.807, 2.05) is 0 Å². The van der Waals surface area contributed by atoms with Crippen LogP contribution in [0.2, 0.25) is 0 Å². The third-order valence-corrected chi connectivity index (χ3v) is 3.16. The molecule has 0 saturated carbocycles. The smallest absolute Gasteiger partial charge is 0.457 e. The van der Waals surface area contributed by atoms with E-state index in [2.05, 4.69) is 4.42 Å². The molecule has 2 aromatic rings. The van der Waals surface area contributed by atoms with Gasteiger partial charge in [0.15, 0.2) is 0 Å². The lowest BCUT2D eigenvalue weighted by molar-refractivity contribution is -0.385. The normalized spacial score (nSPS) is 15.2. The average molecular weight is 337 g/mol. The molecule has 2 rings (SSSR count). The zero-order valence-electron chi connectivity index (χ0n) is 11.1. The van der Waals surface area contributed by atoms with Crippen molar-refractivity contribution < 1.29 is 36.4 Å². The summed E-state index contributed by atoms with van der Waals surface area (Å²) in [5.41, 5.74) is -5.74. The fraction of sp³-hybridized carbons (Fsp3) is 0.231. The van der Waals surface area contributed by atoms with E-state index in [0.29, 0.717) is 6.07 Å². The molecule has 1 N–H and O–H groups in total. The molecule has 1 heterocycles. The zero-order chi connectivity index (χ0) is 17.5. The van der Waals surface area contributed by atoms with Gasteiger partial charge in [0.1, 0.15) is 5.76 Å². The third-order valence-electron chi connectivity index (χ3n) is 3.16. The van der Waals surface area contributed by atoms with E-state index < -0.39 is 39.6 Å². The number of hydrogen-bond acceptors (Lipinski definition) is 4. The molecule has 23 heavy (non-hydrogen) atoms. The van der Waals surface area contributed by atoms with Crippen molar-refractivity contribution in [1.29, 1.82) is 0 Å². The Labute approximate surface area is 125 Å². The lowest BCUT2D eigenvalue weighted by Crippen LogP contribution is -2.55. The van der Waals surface area contributed by atoms with Crippen molar-refractivity contribution in [1.82, 2.24) is 0 Å². The van der Waals surface area contributed by atoms with Crippen LogP contribution in [0.1, 0.15) is 11.3 Å². The van der Waals surface area contributed by atoms with Gasteiger partial charge in [0.25, 0.3) is 5.69 Å². The number of rotatable bonds is 4. The Morgan fingerprint density at radius 1 is 1.09 bits per heavy atom. The Morgan fingerprint density at radius 3 is 2.22 bits per heavy atom. The molecule has 0 fully saturated rings. The van der Waals surface area contributed by atoms with Crippen molar-refractivity contribution in [2.45, 2.75) is 17.7 Å². The summed E-state index contributed by atoms with van der Waals surface area (Å²) in [7, 11) is 0. The highest BCUT2D eigenvalue weighted by atomic mass is 19.4. The van der Waals surface area contributed by atoms with Crippen LogP contribution in [0.15, 0.2) is 47.1 Å². The minimum Gasteiger partial charge on any atom is -0.466 e. The van der Waals surface area contributed by atoms with Crippen molar-refractivity contribution in [3.63, 3.8) is 0 Å². The first-order valence-corrected chi connectivity index (χ1v) is 5.97. The molecule has 124 valence electrons. The average Bonchev–Trinajstić information content (AvgIpc) is 2.99. The lowest BCUT2D eigenvalue weighted by atomic mass is 9.84. The van der Waals surface area contributed by atoms with Crippen LogP contribution in [0.3, 0.4) is 0 Å². The fourth-order valence-corrected chi connectivity index (χ4v) is 2.01. The summed E-state index contributed by atoms with van der Waals surface area (Å²) in [5, 5.41) is 20.9. The molecule has 0 aliphatic rings. The maximum atomic E-state index is 14.0. The van der Waals surface area contributed by atoms with Gasteiger partial charge in [-0.1, -0.05) is 12.1 Å². The number of alkyl halides is 5. The first kappa shape index (κ1) is 16.9. The van der Waals surface area contributed by atoms with Gasteiger partial charge in [0.2, 0.25) is 5.60 Å². The molecule has 0 spiro atoms. The van der Waals surface area contributed by atoms with Crippen LogP contribution in [0.25, 0.3) is 0 Å². The van der Waals surface area contributed by atoms with Crippen LogP contribution in [-0.2, 0) is 5.60 Å². The molecule has 0 saturated heterocycles. The Bertz CT molecular complexity index is 713. The first-order valence-electron chi connectivity index (χ1n) is 5.97. The predicted molar refractivity (Wildman–Crippen MR) is 65.8 cm³/mol. The van der Waals surface area contributed by atoms with Crippen LogP contribution < -0.4 is 0 Å². The molecule has 0 aliphatic heterocycles. The van der Waals surface area contributed by atoms with E-state index in [1.165, 1.54) is 0 Å². The number of nitrogens with zero attached hydrogens (tertiary/aromatic N) is 1. The largest absolute Gasteiger partial charge is 0.466 e. The lowest BCUT2D eigenvalue weighted by Gasteiger charge is -2.35. The van der Waals surface area contributed by atoms with E-state index in [0.717, 1.165) is 36.6 Å². The van der Waals surface area contributed by atoms with Crippen LogP contribution >= 0.6 is 0 Å². The molecule has 10 heteroatoms. The van der Waals surface area contributed by atoms with Crippen molar-refractivity contribution in [2.75, 3.05) is 0 Å². The van der Waals surface area contributed by atoms with Crippen molar-refractivity contribution in [3.05, 3.63) is 64.1 Å². The number of benzene rings is 1. The van der Waals surface area contributed by atoms with E-state index >= 15 is 0 Å². The standard InChI is InChI=1S/C13H8F5NO4/c14-12(15,13(16,17)18)11(20,10-5-2-6-23-10)8-3-1-4-9(7-8)19(21)22/h1-7,20H. The van der Waals surface area contributed by atoms with E-state index in [1.54, 1.807) is 0 Å². The van der Waals surface area contributed by atoms with Crippen molar-refractivity contribution in [2.24, 2.45) is 0 Å². The fourth-order valence-electron chi connectivity index (χ4n) is 2.01. The topological polar surface area (TPSA) is 76.5 Å². The van der Waals surface area contributed by atoms with Crippen LogP contribution in [0.4, 0.5) is 27.6 Å². The van der Waals surface area contributed by atoms with Crippen molar-refractivity contribution in [3.8, 4) is 0 Å². The number of aliphatic hydroxyl groups is 1. The van der Waals surface area contributed by atoms with Gasteiger partial charge < -0.3 is 9.52 Å². The van der Waals surface area contributed by atoms with Crippen LogP contribution in [-0.4, -0.2) is 22.1 Å². The van der Waals surface area contributed by atoms with Gasteiger partial charge in [-0.25, -0.2) is 0 Å². The maximum Gasteiger partial charge on any atom is 0.457 e. The molecular weight excluding hydrogens is 329 g/mol. The predicted octanol–water partition coefficient (Wildman–Crippen LogP) is 3.62. The summed E-state index contributed by atoms with van der Waals surface area (Å²) < 4.78 is 70.8. The van der Waals surface area contributed by atoms with Crippen LogP contribution in [0, 0.1) is 10.1 Å². The Hall–Kier alpha value is -2.49. The van der Waals surface area contributed by atoms with Gasteiger partial charge in [0.05, 0.1) is 11.2 Å². The highest BCUT2D eigenvalue weighted by Crippen LogP contribution is 2.52. The van der Waals surface area contributed by atoms with Gasteiger partial charge in [-0.2, -0.15) is 22.0 Å². The van der Waals surface area contributed by atoms with Gasteiger partial charge in [-0.15, -0.1) is 0 Å². The molecule has 1 aromatic carbocycles. The Morgan fingerprint density at radius 2 is 1.74 bits per heavy atom. The molecule has 0 bridgehead atoms. The summed E-state index contributed by atoms with van der Waals surface area (Å²) in [6.07, 6.45) is -5.33. The second-order valence-corrected chi connectivity index (χ2v) is 4.57. The molecule has 1 atom stereocenters. The number of hydrogen-bond donors (Lipinski definition) is 1. The number of halogens is 5. The number of non-ortho nitro benzene ring substituents is 1. The van der Waals surface area contributed by atoms with Gasteiger partial charge in [0, 0.05) is 17.7 Å². The number of furan rings is 1. The minimum absolute atomic E-state index is 0.433. The highest BCUT2D eigenvalue weighted by Gasteiger charge is 2.72. The number of nitro groups is 1. The molecule has 1 aromatic heterocycles. The molecule has 5 nitrogen and oxygen atoms in total. The maximum absolute atomic E-state index is 14.0. The van der Waals surface area contributed by atoms with Gasteiger partial charge in [-0.05, 0) is 12.1 Å². The van der Waals surface area contributed by atoms with Crippen LogP contribution in [0.5, 0.6) is 0 Å². The zero-order valence-corrected chi connectivity index (χ0v) is 11.1. The molecular formula is C13H8F5NO4. The first-order chi connectivity index (χ1) is 10.5. The molecule has 1 unspecified atom stereocenters. The second-order valence-electron chi connectivity index (χ2n) is 4.57. The van der Waals surface area contributed by atoms with Gasteiger partial charge in [-0.3, -0.25) is 10.1 Å². The minimum atomic E-state index is -6.13. The summed E-state index contributed by atoms with van der Waals surface area (Å²) in [6, 6.07) is 4.64. The quantitative estimate of drug-likeness (QED) is 0.525. The SMILES string of the molecule is O=[N+]([O-])c1cccc(C(O)(c2ccco2)C(F)(F)C(F)(F)F)c1.